The first-order valence-corrected chi connectivity index (χ1v) is 10.0. The molecule has 1 aliphatic rings. The minimum absolute atomic E-state index is 0.0918. The third-order valence-electron chi connectivity index (χ3n) is 5.31. The van der Waals surface area contributed by atoms with E-state index in [-0.39, 0.29) is 10.7 Å². The summed E-state index contributed by atoms with van der Waals surface area (Å²) in [7, 11) is 0. The summed E-state index contributed by atoms with van der Waals surface area (Å²) in [5, 5.41) is 18.8. The molecule has 1 aliphatic heterocycles. The Bertz CT molecular complexity index is 1170. The zero-order valence-corrected chi connectivity index (χ0v) is 17.2. The van der Waals surface area contributed by atoms with Crippen LogP contribution in [0.3, 0.4) is 0 Å². The maximum Gasteiger partial charge on any atom is 0.417 e. The van der Waals surface area contributed by atoms with Crippen LogP contribution in [0.15, 0.2) is 36.4 Å². The molecule has 0 atom stereocenters. The van der Waals surface area contributed by atoms with Crippen molar-refractivity contribution in [2.24, 2.45) is 0 Å². The Hall–Kier alpha value is -3.07. The second kappa shape index (κ2) is 7.88. The van der Waals surface area contributed by atoms with Crippen LogP contribution >= 0.6 is 11.6 Å². The van der Waals surface area contributed by atoms with Crippen molar-refractivity contribution in [2.75, 3.05) is 11.9 Å². The van der Waals surface area contributed by atoms with E-state index in [1.807, 2.05) is 0 Å². The first kappa shape index (κ1) is 21.2. The standard InChI is InChI=1S/C21H18ClF3N4O2/c1-12-5-7-14(29(30)31)11-18(12)28-20-15(4-2-3-9-26-20)19(27-28)13-6-8-17(22)16(10-13)21(23,24)25/h5-8,10-11,26H,2-4,9H2,1H3. The topological polar surface area (TPSA) is 73.0 Å². The predicted molar refractivity (Wildman–Crippen MR) is 112 cm³/mol. The van der Waals surface area contributed by atoms with E-state index in [9.17, 15) is 23.3 Å². The van der Waals surface area contributed by atoms with Crippen LogP contribution in [0.4, 0.5) is 24.7 Å². The lowest BCUT2D eigenvalue weighted by Gasteiger charge is -2.11. The molecular weight excluding hydrogens is 433 g/mol. The molecule has 0 saturated carbocycles. The smallest absolute Gasteiger partial charge is 0.370 e. The van der Waals surface area contributed by atoms with E-state index in [1.54, 1.807) is 17.7 Å². The number of rotatable bonds is 3. The Kier molecular flexibility index (Phi) is 5.38. The number of nitro benzene ring substituents is 1. The van der Waals surface area contributed by atoms with E-state index < -0.39 is 16.7 Å². The summed E-state index contributed by atoms with van der Waals surface area (Å²) in [6, 6.07) is 8.18. The summed E-state index contributed by atoms with van der Waals surface area (Å²) in [5.74, 6) is 0.639. The van der Waals surface area contributed by atoms with Gasteiger partial charge in [-0.3, -0.25) is 10.1 Å². The number of non-ortho nitro benzene ring substituents is 1. The highest BCUT2D eigenvalue weighted by atomic mass is 35.5. The van der Waals surface area contributed by atoms with Gasteiger partial charge in [0.25, 0.3) is 5.69 Å². The number of nitro groups is 1. The molecule has 2 aromatic carbocycles. The van der Waals surface area contributed by atoms with Crippen molar-refractivity contribution in [2.45, 2.75) is 32.4 Å². The van der Waals surface area contributed by atoms with Crippen LogP contribution < -0.4 is 5.32 Å². The second-order valence-electron chi connectivity index (χ2n) is 7.39. The lowest BCUT2D eigenvalue weighted by molar-refractivity contribution is -0.384. The molecule has 0 radical (unpaired) electrons. The molecule has 0 unspecified atom stereocenters. The van der Waals surface area contributed by atoms with Crippen molar-refractivity contribution < 1.29 is 18.1 Å². The van der Waals surface area contributed by atoms with Crippen LogP contribution in [0.25, 0.3) is 16.9 Å². The number of benzene rings is 2. The number of anilines is 1. The quantitative estimate of drug-likeness (QED) is 0.382. The average molecular weight is 451 g/mol. The van der Waals surface area contributed by atoms with Crippen molar-refractivity contribution in [1.82, 2.24) is 9.78 Å². The number of halogens is 4. The van der Waals surface area contributed by atoms with Crippen molar-refractivity contribution in [3.63, 3.8) is 0 Å². The van der Waals surface area contributed by atoms with Gasteiger partial charge in [0.05, 0.1) is 26.9 Å². The van der Waals surface area contributed by atoms with Gasteiger partial charge < -0.3 is 5.32 Å². The van der Waals surface area contributed by atoms with E-state index >= 15 is 0 Å². The number of hydrogen-bond acceptors (Lipinski definition) is 4. The number of aryl methyl sites for hydroxylation is 1. The zero-order valence-electron chi connectivity index (χ0n) is 16.5. The van der Waals surface area contributed by atoms with E-state index in [2.05, 4.69) is 10.4 Å². The highest BCUT2D eigenvalue weighted by Gasteiger charge is 2.34. The lowest BCUT2D eigenvalue weighted by Crippen LogP contribution is -2.08. The molecule has 10 heteroatoms. The number of fused-ring (bicyclic) bond motifs is 1. The van der Waals surface area contributed by atoms with Crippen molar-refractivity contribution in [1.29, 1.82) is 0 Å². The van der Waals surface area contributed by atoms with Gasteiger partial charge in [0.1, 0.15) is 5.82 Å². The minimum atomic E-state index is -4.60. The summed E-state index contributed by atoms with van der Waals surface area (Å²) in [6.45, 7) is 2.47. The molecule has 6 nitrogen and oxygen atoms in total. The fourth-order valence-electron chi connectivity index (χ4n) is 3.74. The van der Waals surface area contributed by atoms with E-state index in [0.717, 1.165) is 30.0 Å². The van der Waals surface area contributed by atoms with Gasteiger partial charge in [-0.2, -0.15) is 18.3 Å². The number of nitrogens with zero attached hydrogens (tertiary/aromatic N) is 3. The Labute approximate surface area is 180 Å². The molecular formula is C21H18ClF3N4O2. The largest absolute Gasteiger partial charge is 0.417 e. The molecule has 0 spiro atoms. The highest BCUT2D eigenvalue weighted by molar-refractivity contribution is 6.31. The molecule has 0 aliphatic carbocycles. The molecule has 2 heterocycles. The molecule has 1 aromatic heterocycles. The first-order valence-electron chi connectivity index (χ1n) is 9.65. The fraction of sp³-hybridized carbons (Fsp3) is 0.286. The third kappa shape index (κ3) is 3.97. The molecule has 4 rings (SSSR count). The van der Waals surface area contributed by atoms with Gasteiger partial charge in [-0.25, -0.2) is 4.68 Å². The molecule has 0 bridgehead atoms. The summed E-state index contributed by atoms with van der Waals surface area (Å²) >= 11 is 5.78. The van der Waals surface area contributed by atoms with Crippen LogP contribution in [0.2, 0.25) is 5.02 Å². The maximum absolute atomic E-state index is 13.4. The van der Waals surface area contributed by atoms with Crippen molar-refractivity contribution in [3.8, 4) is 16.9 Å². The van der Waals surface area contributed by atoms with Crippen LogP contribution in [0.1, 0.15) is 29.5 Å². The highest BCUT2D eigenvalue weighted by Crippen LogP contribution is 2.40. The monoisotopic (exact) mass is 450 g/mol. The Morgan fingerprint density at radius 3 is 2.68 bits per heavy atom. The third-order valence-corrected chi connectivity index (χ3v) is 5.64. The van der Waals surface area contributed by atoms with Gasteiger partial charge in [0.15, 0.2) is 0 Å². The average Bonchev–Trinajstić information content (AvgIpc) is 2.89. The predicted octanol–water partition coefficient (Wildman–Crippen LogP) is 6.18. The first-order chi connectivity index (χ1) is 14.7. The number of nitrogens with one attached hydrogen (secondary N) is 1. The Morgan fingerprint density at radius 1 is 1.19 bits per heavy atom. The molecule has 162 valence electrons. The Balaban J connectivity index is 1.94. The van der Waals surface area contributed by atoms with Gasteiger partial charge in [-0.15, -0.1) is 0 Å². The van der Waals surface area contributed by atoms with Crippen molar-refractivity contribution >= 4 is 23.1 Å². The number of hydrogen-bond donors (Lipinski definition) is 1. The Morgan fingerprint density at radius 2 is 1.97 bits per heavy atom. The summed E-state index contributed by atoms with van der Waals surface area (Å²) in [5.41, 5.74) is 1.69. The zero-order chi connectivity index (χ0) is 22.3. The van der Waals surface area contributed by atoms with Gasteiger partial charge in [0.2, 0.25) is 0 Å². The van der Waals surface area contributed by atoms with Crippen LogP contribution in [0.5, 0.6) is 0 Å². The molecule has 3 aromatic rings. The lowest BCUT2D eigenvalue weighted by atomic mass is 10.0. The van der Waals surface area contributed by atoms with Gasteiger partial charge in [0, 0.05) is 29.8 Å². The fourth-order valence-corrected chi connectivity index (χ4v) is 3.96. The molecule has 31 heavy (non-hydrogen) atoms. The number of aromatic nitrogens is 2. The SMILES string of the molecule is Cc1ccc([N+](=O)[O-])cc1-n1nc(-c2ccc(Cl)c(C(F)(F)F)c2)c2c1NCCCC2. The summed E-state index contributed by atoms with van der Waals surface area (Å²) < 4.78 is 41.8. The summed E-state index contributed by atoms with van der Waals surface area (Å²) in [4.78, 5) is 10.8. The van der Waals surface area contributed by atoms with Gasteiger partial charge in [-0.05, 0) is 43.9 Å². The van der Waals surface area contributed by atoms with Crippen LogP contribution in [0, 0.1) is 17.0 Å². The van der Waals surface area contributed by atoms with Crippen LogP contribution in [-0.2, 0) is 12.6 Å². The van der Waals surface area contributed by atoms with Crippen molar-refractivity contribution in [3.05, 3.63) is 68.2 Å². The van der Waals surface area contributed by atoms with Gasteiger partial charge >= 0.3 is 6.18 Å². The second-order valence-corrected chi connectivity index (χ2v) is 7.80. The van der Waals surface area contributed by atoms with E-state index in [1.165, 1.54) is 24.3 Å². The van der Waals surface area contributed by atoms with Gasteiger partial charge in [-0.1, -0.05) is 23.7 Å². The molecule has 0 fully saturated rings. The number of alkyl halides is 3. The van der Waals surface area contributed by atoms with E-state index in [0.29, 0.717) is 35.7 Å². The minimum Gasteiger partial charge on any atom is -0.370 e. The maximum atomic E-state index is 13.4. The normalized spacial score (nSPS) is 14.0. The van der Waals surface area contributed by atoms with Crippen LogP contribution in [-0.4, -0.2) is 21.2 Å². The molecule has 1 N–H and O–H groups in total. The van der Waals surface area contributed by atoms with E-state index in [4.69, 9.17) is 11.6 Å². The molecule has 0 amide bonds. The molecule has 0 saturated heterocycles. The summed E-state index contributed by atoms with van der Waals surface area (Å²) in [6.07, 6.45) is -2.25.